The molecule has 1 aliphatic heterocycles. The van der Waals surface area contributed by atoms with Crippen LogP contribution < -0.4 is 10.6 Å². The molecule has 29 heavy (non-hydrogen) atoms. The summed E-state index contributed by atoms with van der Waals surface area (Å²) in [5.41, 5.74) is -0.474. The molecule has 3 N–H and O–H groups in total. The molecule has 1 aromatic carbocycles. The molecule has 0 spiro atoms. The Kier molecular flexibility index (Phi) is 9.09. The molecule has 1 aliphatic carbocycles. The molecule has 8 heteroatoms. The summed E-state index contributed by atoms with van der Waals surface area (Å²) >= 11 is 0. The Morgan fingerprint density at radius 2 is 1.79 bits per heavy atom. The number of aliphatic hydroxyl groups is 1. The minimum Gasteiger partial charge on any atom is -0.396 e. The fourth-order valence-corrected chi connectivity index (χ4v) is 4.63. The quantitative estimate of drug-likeness (QED) is 0.292. The molecule has 1 heterocycles. The third kappa shape index (κ3) is 5.58. The van der Waals surface area contributed by atoms with E-state index >= 15 is 0 Å². The second-order valence-electron chi connectivity index (χ2n) is 8.14. The number of nitrogens with zero attached hydrogens (tertiary/aromatic N) is 1. The van der Waals surface area contributed by atoms with E-state index in [1.165, 1.54) is 18.2 Å². The fraction of sp³-hybridized carbons (Fsp3) is 0.667. The number of nitrogens with one attached hydrogen (secondary N) is 2. The molecule has 164 valence electrons. The van der Waals surface area contributed by atoms with Crippen LogP contribution in [0.4, 0.5) is 8.78 Å². The number of aliphatic imine (C=N–C) groups is 1. The Labute approximate surface area is 188 Å². The summed E-state index contributed by atoms with van der Waals surface area (Å²) in [7, 11) is 1.68. The van der Waals surface area contributed by atoms with Crippen LogP contribution in [0.2, 0.25) is 0 Å². The number of benzene rings is 1. The number of halogens is 3. The van der Waals surface area contributed by atoms with E-state index in [9.17, 15) is 13.9 Å². The van der Waals surface area contributed by atoms with Crippen LogP contribution in [-0.2, 0) is 10.2 Å². The summed E-state index contributed by atoms with van der Waals surface area (Å²) in [5, 5.41) is 16.0. The summed E-state index contributed by atoms with van der Waals surface area (Å²) in [5.74, 6) is -0.347. The van der Waals surface area contributed by atoms with Crippen LogP contribution in [0, 0.1) is 17.0 Å². The molecule has 1 unspecified atom stereocenters. The van der Waals surface area contributed by atoms with Gasteiger partial charge in [-0.05, 0) is 37.8 Å². The van der Waals surface area contributed by atoms with E-state index < -0.39 is 17.0 Å². The molecule has 2 fully saturated rings. The molecule has 0 aromatic heterocycles. The van der Waals surface area contributed by atoms with Crippen molar-refractivity contribution in [2.45, 2.75) is 43.9 Å². The smallest absolute Gasteiger partial charge is 0.191 e. The van der Waals surface area contributed by atoms with E-state index in [0.717, 1.165) is 32.1 Å². The molecule has 5 nitrogen and oxygen atoms in total. The van der Waals surface area contributed by atoms with Crippen LogP contribution in [0.25, 0.3) is 0 Å². The van der Waals surface area contributed by atoms with Crippen LogP contribution in [-0.4, -0.2) is 51.0 Å². The van der Waals surface area contributed by atoms with Gasteiger partial charge in [-0.15, -0.1) is 24.0 Å². The SMILES string of the molecule is CN=C(NCC1(CCO)CCOC1)NCC1(c2c(F)cccc2F)CCCC1.I. The average molecular weight is 523 g/mol. The van der Waals surface area contributed by atoms with Crippen molar-refractivity contribution in [3.63, 3.8) is 0 Å². The highest BCUT2D eigenvalue weighted by atomic mass is 127. The van der Waals surface area contributed by atoms with E-state index in [1.54, 1.807) is 7.05 Å². The van der Waals surface area contributed by atoms with Gasteiger partial charge in [-0.1, -0.05) is 18.9 Å². The van der Waals surface area contributed by atoms with Crippen LogP contribution in [0.1, 0.15) is 44.1 Å². The predicted octanol–water partition coefficient (Wildman–Crippen LogP) is 3.35. The highest BCUT2D eigenvalue weighted by Crippen LogP contribution is 2.42. The van der Waals surface area contributed by atoms with Gasteiger partial charge in [0.1, 0.15) is 11.6 Å². The number of aliphatic hydroxyl groups excluding tert-OH is 1. The predicted molar refractivity (Wildman–Crippen MR) is 121 cm³/mol. The van der Waals surface area contributed by atoms with Gasteiger partial charge in [-0.25, -0.2) is 8.78 Å². The monoisotopic (exact) mass is 523 g/mol. The van der Waals surface area contributed by atoms with Gasteiger partial charge in [-0.3, -0.25) is 4.99 Å². The van der Waals surface area contributed by atoms with Crippen molar-refractivity contribution in [3.8, 4) is 0 Å². The summed E-state index contributed by atoms with van der Waals surface area (Å²) in [6.45, 7) is 2.49. The van der Waals surface area contributed by atoms with Crippen molar-refractivity contribution in [3.05, 3.63) is 35.4 Å². The number of hydrogen-bond acceptors (Lipinski definition) is 3. The highest BCUT2D eigenvalue weighted by Gasteiger charge is 2.40. The van der Waals surface area contributed by atoms with Crippen LogP contribution in [0.3, 0.4) is 0 Å². The van der Waals surface area contributed by atoms with Crippen LogP contribution >= 0.6 is 24.0 Å². The first-order chi connectivity index (χ1) is 13.5. The van der Waals surface area contributed by atoms with Gasteiger partial charge in [0, 0.05) is 49.7 Å². The largest absolute Gasteiger partial charge is 0.396 e. The van der Waals surface area contributed by atoms with E-state index in [0.29, 0.717) is 38.7 Å². The van der Waals surface area contributed by atoms with Gasteiger partial charge in [0.2, 0.25) is 0 Å². The third-order valence-electron chi connectivity index (χ3n) is 6.33. The number of rotatable bonds is 7. The van der Waals surface area contributed by atoms with Gasteiger partial charge < -0.3 is 20.5 Å². The van der Waals surface area contributed by atoms with Crippen molar-refractivity contribution in [2.75, 3.05) is 40.0 Å². The Bertz CT molecular complexity index is 670. The standard InChI is InChI=1S/C21H31F2N3O2.HI/c1-24-19(25-13-20(9-11-27)10-12-28-15-20)26-14-21(7-2-3-8-21)18-16(22)5-4-6-17(18)23;/h4-6,27H,2-3,7-15H2,1H3,(H2,24,25,26);1H. The van der Waals surface area contributed by atoms with Crippen molar-refractivity contribution in [2.24, 2.45) is 10.4 Å². The van der Waals surface area contributed by atoms with E-state index in [-0.39, 0.29) is 41.6 Å². The Morgan fingerprint density at radius 3 is 2.34 bits per heavy atom. The maximum atomic E-state index is 14.5. The molecule has 1 aromatic rings. The minimum atomic E-state index is -0.563. The normalized spacial score (nSPS) is 23.7. The van der Waals surface area contributed by atoms with E-state index in [2.05, 4.69) is 15.6 Å². The van der Waals surface area contributed by atoms with Crippen molar-refractivity contribution < 1.29 is 18.6 Å². The zero-order valence-electron chi connectivity index (χ0n) is 17.0. The van der Waals surface area contributed by atoms with Crippen molar-refractivity contribution in [1.82, 2.24) is 10.6 Å². The maximum absolute atomic E-state index is 14.5. The highest BCUT2D eigenvalue weighted by molar-refractivity contribution is 14.0. The Hall–Kier alpha value is -1.000. The summed E-state index contributed by atoms with van der Waals surface area (Å²) < 4.78 is 34.5. The first-order valence-corrected chi connectivity index (χ1v) is 10.1. The zero-order valence-corrected chi connectivity index (χ0v) is 19.3. The van der Waals surface area contributed by atoms with Crippen molar-refractivity contribution >= 4 is 29.9 Å². The van der Waals surface area contributed by atoms with Crippen molar-refractivity contribution in [1.29, 1.82) is 0 Å². The lowest BCUT2D eigenvalue weighted by molar-refractivity contribution is 0.127. The first kappa shape index (κ1) is 24.3. The lowest BCUT2D eigenvalue weighted by Crippen LogP contribution is -2.48. The second-order valence-corrected chi connectivity index (χ2v) is 8.14. The molecular formula is C21H32F2IN3O2. The topological polar surface area (TPSA) is 65.9 Å². The van der Waals surface area contributed by atoms with Gasteiger partial charge in [0.25, 0.3) is 0 Å². The average Bonchev–Trinajstić information content (AvgIpc) is 3.33. The molecule has 0 bridgehead atoms. The summed E-state index contributed by atoms with van der Waals surface area (Å²) in [6, 6.07) is 4.09. The molecule has 1 saturated heterocycles. The minimum absolute atomic E-state index is 0. The third-order valence-corrected chi connectivity index (χ3v) is 6.33. The van der Waals surface area contributed by atoms with Crippen LogP contribution in [0.5, 0.6) is 0 Å². The van der Waals surface area contributed by atoms with Gasteiger partial charge in [0.15, 0.2) is 5.96 Å². The molecule has 0 amide bonds. The maximum Gasteiger partial charge on any atom is 0.191 e. The molecular weight excluding hydrogens is 491 g/mol. The van der Waals surface area contributed by atoms with Gasteiger partial charge >= 0.3 is 0 Å². The molecule has 1 saturated carbocycles. The molecule has 1 atom stereocenters. The fourth-order valence-electron chi connectivity index (χ4n) is 4.63. The second kappa shape index (κ2) is 10.9. The Balaban J connectivity index is 0.00000300. The summed E-state index contributed by atoms with van der Waals surface area (Å²) in [4.78, 5) is 4.27. The molecule has 3 rings (SSSR count). The lowest BCUT2D eigenvalue weighted by Gasteiger charge is -2.32. The number of ether oxygens (including phenoxy) is 1. The van der Waals surface area contributed by atoms with E-state index in [1.807, 2.05) is 0 Å². The number of guanidine groups is 1. The number of hydrogen-bond donors (Lipinski definition) is 3. The van der Waals surface area contributed by atoms with Crippen LogP contribution in [0.15, 0.2) is 23.2 Å². The van der Waals surface area contributed by atoms with Gasteiger partial charge in [-0.2, -0.15) is 0 Å². The molecule has 0 radical (unpaired) electrons. The summed E-state index contributed by atoms with van der Waals surface area (Å²) in [6.07, 6.45) is 4.97. The first-order valence-electron chi connectivity index (χ1n) is 10.1. The zero-order chi connectivity index (χ0) is 20.0. The Morgan fingerprint density at radius 1 is 1.14 bits per heavy atom. The van der Waals surface area contributed by atoms with E-state index in [4.69, 9.17) is 4.74 Å². The lowest BCUT2D eigenvalue weighted by atomic mass is 9.78. The molecule has 2 aliphatic rings. The van der Waals surface area contributed by atoms with Gasteiger partial charge in [0.05, 0.1) is 6.61 Å².